The van der Waals surface area contributed by atoms with Gasteiger partial charge in [0.05, 0.1) is 22.8 Å². The van der Waals surface area contributed by atoms with Crippen LogP contribution in [0.15, 0.2) is 24.3 Å². The number of benzene rings is 1. The molecule has 2 heterocycles. The molecular weight excluding hydrogens is 388 g/mol. The first-order valence-corrected chi connectivity index (χ1v) is 11.3. The Morgan fingerprint density at radius 1 is 1.06 bits per heavy atom. The van der Waals surface area contributed by atoms with E-state index < -0.39 is 0 Å². The van der Waals surface area contributed by atoms with Gasteiger partial charge in [-0.05, 0) is 44.7 Å². The third-order valence-corrected chi connectivity index (χ3v) is 6.05. The lowest BCUT2D eigenvalue weighted by Gasteiger charge is -2.32. The number of nitrogen functional groups attached to an aromatic ring is 1. The molecule has 6 N–H and O–H groups in total. The maximum atomic E-state index is 6.45. The van der Waals surface area contributed by atoms with E-state index in [2.05, 4.69) is 53.1 Å². The summed E-state index contributed by atoms with van der Waals surface area (Å²) in [5.41, 5.74) is 16.8. The highest BCUT2D eigenvalue weighted by Crippen LogP contribution is 2.39. The maximum Gasteiger partial charge on any atom is 0.205 e. The lowest BCUT2D eigenvalue weighted by Crippen LogP contribution is -2.43. The average molecular weight is 423 g/mol. The van der Waals surface area contributed by atoms with Crippen molar-refractivity contribution in [1.82, 2.24) is 19.7 Å². The highest BCUT2D eigenvalue weighted by molar-refractivity contribution is 5.81. The van der Waals surface area contributed by atoms with Crippen molar-refractivity contribution in [2.24, 2.45) is 5.73 Å². The lowest BCUT2D eigenvalue weighted by molar-refractivity contribution is 0.400. The quantitative estimate of drug-likeness (QED) is 0.432. The molecule has 0 radical (unpaired) electrons. The van der Waals surface area contributed by atoms with E-state index >= 15 is 0 Å². The summed E-state index contributed by atoms with van der Waals surface area (Å²) in [4.78, 5) is 4.99. The predicted molar refractivity (Wildman–Crippen MR) is 127 cm³/mol. The van der Waals surface area contributed by atoms with Crippen LogP contribution in [0.1, 0.15) is 71.0 Å². The van der Waals surface area contributed by atoms with Gasteiger partial charge in [0, 0.05) is 18.1 Å². The van der Waals surface area contributed by atoms with Crippen molar-refractivity contribution >= 4 is 23.1 Å². The molecule has 2 unspecified atom stereocenters. The summed E-state index contributed by atoms with van der Waals surface area (Å²) >= 11 is 0. The van der Waals surface area contributed by atoms with E-state index in [0.29, 0.717) is 11.5 Å². The van der Waals surface area contributed by atoms with Crippen LogP contribution in [0, 0.1) is 0 Å². The smallest absolute Gasteiger partial charge is 0.205 e. The average Bonchev–Trinajstić information content (AvgIpc) is 3.16. The van der Waals surface area contributed by atoms with Crippen molar-refractivity contribution < 1.29 is 0 Å². The number of fused-ring (bicyclic) bond motifs is 1. The van der Waals surface area contributed by atoms with Gasteiger partial charge in [-0.1, -0.05) is 38.8 Å². The third kappa shape index (κ3) is 4.17. The number of hydrogen-bond donors (Lipinski definition) is 4. The predicted octanol–water partition coefficient (Wildman–Crippen LogP) is 4.49. The van der Waals surface area contributed by atoms with Crippen molar-refractivity contribution in [3.8, 4) is 11.4 Å². The van der Waals surface area contributed by atoms with Gasteiger partial charge in [-0.2, -0.15) is 10.1 Å². The molecule has 0 aromatic heterocycles. The van der Waals surface area contributed by atoms with Crippen LogP contribution in [0.4, 0.5) is 23.1 Å². The molecular formula is C23H34N8. The molecule has 4 rings (SSSR count). The molecule has 8 heteroatoms. The molecule has 0 saturated heterocycles. The van der Waals surface area contributed by atoms with Crippen LogP contribution in [0.3, 0.4) is 0 Å². The third-order valence-electron chi connectivity index (χ3n) is 6.05. The summed E-state index contributed by atoms with van der Waals surface area (Å²) in [6.45, 7) is 8.60. The first-order valence-electron chi connectivity index (χ1n) is 11.3. The Bertz CT molecular complexity index is 1010. The Balaban J connectivity index is 1.86. The summed E-state index contributed by atoms with van der Waals surface area (Å²) < 4.78 is 2.21. The number of aromatic nitrogens is 4. The first kappa shape index (κ1) is 21.4. The Labute approximate surface area is 184 Å². The van der Waals surface area contributed by atoms with Gasteiger partial charge in [0.15, 0.2) is 11.5 Å². The molecule has 0 spiro atoms. The second-order valence-corrected chi connectivity index (χ2v) is 9.10. The molecule has 1 aromatic carbocycles. The molecule has 2 atom stereocenters. The van der Waals surface area contributed by atoms with E-state index in [4.69, 9.17) is 16.5 Å². The Morgan fingerprint density at radius 3 is 2.48 bits per heavy atom. The summed E-state index contributed by atoms with van der Waals surface area (Å²) in [6.07, 6.45) is 4.44. The summed E-state index contributed by atoms with van der Waals surface area (Å²) in [5, 5.41) is 16.1. The fourth-order valence-corrected chi connectivity index (χ4v) is 4.36. The van der Waals surface area contributed by atoms with Crippen LogP contribution in [-0.4, -0.2) is 31.8 Å². The van der Waals surface area contributed by atoms with E-state index in [-0.39, 0.29) is 24.0 Å². The van der Waals surface area contributed by atoms with Gasteiger partial charge < -0.3 is 26.7 Å². The number of hydrogen-bond acceptors (Lipinski definition) is 7. The highest BCUT2D eigenvalue weighted by Gasteiger charge is 2.30. The minimum absolute atomic E-state index is 0.119. The van der Waals surface area contributed by atoms with Gasteiger partial charge in [0.1, 0.15) is 0 Å². The molecule has 3 aliphatic rings. The molecule has 0 bridgehead atoms. The molecule has 1 aromatic rings. The monoisotopic (exact) mass is 422 g/mol. The van der Waals surface area contributed by atoms with Crippen LogP contribution < -0.4 is 22.1 Å². The topological polar surface area (TPSA) is 120 Å². The van der Waals surface area contributed by atoms with Gasteiger partial charge >= 0.3 is 0 Å². The second kappa shape index (κ2) is 8.70. The number of nitrogens with zero attached hydrogens (tertiary/aromatic N) is 4. The highest BCUT2D eigenvalue weighted by atomic mass is 15.3. The second-order valence-electron chi connectivity index (χ2n) is 9.10. The zero-order valence-electron chi connectivity index (χ0n) is 18.9. The lowest BCUT2D eigenvalue weighted by atomic mass is 9.91. The largest absolute Gasteiger partial charge is 0.397 e. The van der Waals surface area contributed by atoms with Gasteiger partial charge in [0.25, 0.3) is 0 Å². The zero-order valence-corrected chi connectivity index (χ0v) is 18.9. The van der Waals surface area contributed by atoms with Crippen molar-refractivity contribution in [1.29, 1.82) is 0 Å². The van der Waals surface area contributed by atoms with Crippen molar-refractivity contribution in [2.75, 3.05) is 16.4 Å². The molecule has 1 aliphatic carbocycles. The number of para-hydroxylation sites is 2. The summed E-state index contributed by atoms with van der Waals surface area (Å²) in [6, 6.07) is 8.16. The van der Waals surface area contributed by atoms with Crippen LogP contribution in [0.25, 0.3) is 11.4 Å². The van der Waals surface area contributed by atoms with Crippen LogP contribution >= 0.6 is 0 Å². The Morgan fingerprint density at radius 2 is 1.81 bits per heavy atom. The first-order chi connectivity index (χ1) is 14.9. The van der Waals surface area contributed by atoms with E-state index in [9.17, 15) is 0 Å². The maximum absolute atomic E-state index is 6.45. The molecule has 2 aliphatic heterocycles. The van der Waals surface area contributed by atoms with E-state index in [1.54, 1.807) is 0 Å². The fraction of sp³-hybridized carbons (Fsp3) is 0.522. The van der Waals surface area contributed by atoms with Crippen LogP contribution in [0.5, 0.6) is 0 Å². The molecule has 0 amide bonds. The minimum Gasteiger partial charge on any atom is -0.397 e. The van der Waals surface area contributed by atoms with Gasteiger partial charge in [0.2, 0.25) is 5.95 Å². The number of anilines is 4. The van der Waals surface area contributed by atoms with Gasteiger partial charge in [-0.3, -0.25) is 0 Å². The fourth-order valence-electron chi connectivity index (χ4n) is 4.36. The summed E-state index contributed by atoms with van der Waals surface area (Å²) in [5.74, 6) is 1.67. The molecule has 1 fully saturated rings. The number of nitrogens with two attached hydrogens (primary N) is 2. The van der Waals surface area contributed by atoms with Crippen molar-refractivity contribution in [3.63, 3.8) is 0 Å². The number of rotatable bonds is 6. The van der Waals surface area contributed by atoms with E-state index in [1.165, 1.54) is 12.8 Å². The molecule has 31 heavy (non-hydrogen) atoms. The molecule has 8 nitrogen and oxygen atoms in total. The van der Waals surface area contributed by atoms with Crippen molar-refractivity contribution in [2.45, 2.75) is 77.4 Å². The SMILES string of the molecule is CC(C)c1nnc2c(Nc3ccccc3N)nc(NC3CCCCC3N)n(C(C)C)c1-2. The van der Waals surface area contributed by atoms with Gasteiger partial charge in [-0.15, -0.1) is 5.10 Å². The van der Waals surface area contributed by atoms with Gasteiger partial charge in [-0.25, -0.2) is 0 Å². The molecule has 1 saturated carbocycles. The van der Waals surface area contributed by atoms with Crippen molar-refractivity contribution in [3.05, 3.63) is 30.0 Å². The molecule has 166 valence electrons. The normalized spacial score (nSPS) is 19.3. The Hall–Kier alpha value is -2.87. The van der Waals surface area contributed by atoms with Crippen LogP contribution in [0.2, 0.25) is 0 Å². The number of nitrogens with one attached hydrogen (secondary N) is 2. The summed E-state index contributed by atoms with van der Waals surface area (Å²) in [7, 11) is 0. The van der Waals surface area contributed by atoms with E-state index in [1.807, 2.05) is 24.3 Å². The van der Waals surface area contributed by atoms with Crippen LogP contribution in [-0.2, 0) is 0 Å². The zero-order chi connectivity index (χ0) is 22.1. The van der Waals surface area contributed by atoms with E-state index in [0.717, 1.165) is 41.6 Å². The minimum atomic E-state index is 0.119. The Kier molecular flexibility index (Phi) is 6.00. The standard InChI is InChI=1S/C23H34N8/c1-13(2)19-21-20(30-29-19)22(26-17-11-7-5-9-15(17)24)28-23(31(21)14(3)4)27-18-12-8-6-10-16(18)25/h5,7,9,11,13-14,16,18,26H,6,8,10,12,24-25H2,1-4H3,(H,27,28).